The highest BCUT2D eigenvalue weighted by molar-refractivity contribution is 7.13. The van der Waals surface area contributed by atoms with E-state index < -0.39 is 0 Å². The third-order valence-electron chi connectivity index (χ3n) is 4.36. The van der Waals surface area contributed by atoms with Crippen LogP contribution < -0.4 is 4.90 Å². The van der Waals surface area contributed by atoms with E-state index in [9.17, 15) is 0 Å². The minimum atomic E-state index is 0.844. The summed E-state index contributed by atoms with van der Waals surface area (Å²) >= 11 is 1.81. The van der Waals surface area contributed by atoms with Gasteiger partial charge in [-0.15, -0.1) is 11.3 Å². The average molecular weight is 279 g/mol. The topological polar surface area (TPSA) is 19.4 Å². The van der Waals surface area contributed by atoms with Crippen molar-refractivity contribution in [3.8, 4) is 0 Å². The van der Waals surface area contributed by atoms with Crippen molar-refractivity contribution in [1.82, 2.24) is 9.88 Å². The molecule has 1 atom stereocenters. The first kappa shape index (κ1) is 13.4. The van der Waals surface area contributed by atoms with Gasteiger partial charge in [0.25, 0.3) is 0 Å². The van der Waals surface area contributed by atoms with Gasteiger partial charge in [-0.25, -0.2) is 4.98 Å². The molecule has 2 saturated heterocycles. The minimum absolute atomic E-state index is 0.844. The summed E-state index contributed by atoms with van der Waals surface area (Å²) in [6.07, 6.45) is 6.98. The average Bonchev–Trinajstić information content (AvgIpc) is 2.87. The molecule has 19 heavy (non-hydrogen) atoms. The smallest absolute Gasteiger partial charge is 0.185 e. The second-order valence-electron chi connectivity index (χ2n) is 6.09. The van der Waals surface area contributed by atoms with Crippen LogP contribution in [0, 0.1) is 12.8 Å². The third kappa shape index (κ3) is 3.48. The highest BCUT2D eigenvalue weighted by atomic mass is 32.1. The fraction of sp³-hybridized carbons (Fsp3) is 0.800. The molecule has 2 fully saturated rings. The lowest BCUT2D eigenvalue weighted by Crippen LogP contribution is -2.42. The third-order valence-corrected chi connectivity index (χ3v) is 5.38. The molecule has 0 bridgehead atoms. The molecule has 0 spiro atoms. The second kappa shape index (κ2) is 6.23. The highest BCUT2D eigenvalue weighted by Gasteiger charge is 2.24. The highest BCUT2D eigenvalue weighted by Crippen LogP contribution is 2.27. The standard InChI is InChI=1S/C15H25N3S/c1-13-12-19-15(16-13)18-9-5-6-14(11-18)10-17-7-3-2-4-8-17/h12,14H,2-11H2,1H3/t14-/m1/s1. The van der Waals surface area contributed by atoms with Gasteiger partial charge in [-0.1, -0.05) is 6.42 Å². The zero-order chi connectivity index (χ0) is 13.1. The maximum atomic E-state index is 4.65. The number of hydrogen-bond donors (Lipinski definition) is 0. The van der Waals surface area contributed by atoms with Crippen LogP contribution in [0.2, 0.25) is 0 Å². The summed E-state index contributed by atoms with van der Waals surface area (Å²) in [5, 5.41) is 3.41. The van der Waals surface area contributed by atoms with E-state index in [1.54, 1.807) is 11.3 Å². The summed E-state index contributed by atoms with van der Waals surface area (Å²) in [7, 11) is 0. The number of thiazole rings is 1. The lowest BCUT2D eigenvalue weighted by Gasteiger charge is -2.36. The summed E-state index contributed by atoms with van der Waals surface area (Å²) in [5.41, 5.74) is 1.16. The predicted octanol–water partition coefficient (Wildman–Crippen LogP) is 3.15. The van der Waals surface area contributed by atoms with E-state index in [-0.39, 0.29) is 0 Å². The van der Waals surface area contributed by atoms with Crippen molar-refractivity contribution in [3.05, 3.63) is 11.1 Å². The van der Waals surface area contributed by atoms with E-state index in [4.69, 9.17) is 0 Å². The molecule has 106 valence electrons. The summed E-state index contributed by atoms with van der Waals surface area (Å²) in [5.74, 6) is 0.844. The van der Waals surface area contributed by atoms with Crippen LogP contribution in [0.4, 0.5) is 5.13 Å². The molecule has 1 aromatic heterocycles. The summed E-state index contributed by atoms with van der Waals surface area (Å²) < 4.78 is 0. The van der Waals surface area contributed by atoms with Gasteiger partial charge in [-0.2, -0.15) is 0 Å². The van der Waals surface area contributed by atoms with Crippen molar-refractivity contribution in [2.24, 2.45) is 5.92 Å². The number of piperidine rings is 2. The van der Waals surface area contributed by atoms with E-state index in [0.29, 0.717) is 0 Å². The molecule has 3 nitrogen and oxygen atoms in total. The van der Waals surface area contributed by atoms with Crippen molar-refractivity contribution in [3.63, 3.8) is 0 Å². The van der Waals surface area contributed by atoms with E-state index in [2.05, 4.69) is 27.1 Å². The molecule has 0 unspecified atom stereocenters. The molecular formula is C15H25N3S. The Morgan fingerprint density at radius 3 is 2.79 bits per heavy atom. The van der Waals surface area contributed by atoms with Crippen LogP contribution in [-0.2, 0) is 0 Å². The Hall–Kier alpha value is -0.610. The van der Waals surface area contributed by atoms with Crippen LogP contribution >= 0.6 is 11.3 Å². The van der Waals surface area contributed by atoms with Crippen LogP contribution in [0.25, 0.3) is 0 Å². The number of aromatic nitrogens is 1. The zero-order valence-electron chi connectivity index (χ0n) is 12.0. The van der Waals surface area contributed by atoms with Crippen molar-refractivity contribution in [2.75, 3.05) is 37.6 Å². The van der Waals surface area contributed by atoms with Crippen LogP contribution in [0.5, 0.6) is 0 Å². The van der Waals surface area contributed by atoms with Gasteiger partial charge in [-0.3, -0.25) is 0 Å². The lowest BCUT2D eigenvalue weighted by atomic mass is 9.97. The summed E-state index contributed by atoms with van der Waals surface area (Å²) in [6, 6.07) is 0. The van der Waals surface area contributed by atoms with Gasteiger partial charge in [0.1, 0.15) is 0 Å². The van der Waals surface area contributed by atoms with E-state index >= 15 is 0 Å². The quantitative estimate of drug-likeness (QED) is 0.847. The largest absolute Gasteiger partial charge is 0.348 e. The SMILES string of the molecule is Cc1csc(N2CCC[C@H](CN3CCCCC3)C2)n1. The molecule has 3 heterocycles. The second-order valence-corrected chi connectivity index (χ2v) is 6.92. The van der Waals surface area contributed by atoms with Gasteiger partial charge in [0.05, 0.1) is 5.69 Å². The molecule has 2 aliphatic rings. The molecular weight excluding hydrogens is 254 g/mol. The van der Waals surface area contributed by atoms with Gasteiger partial charge >= 0.3 is 0 Å². The van der Waals surface area contributed by atoms with Gasteiger partial charge < -0.3 is 9.80 Å². The molecule has 0 aromatic carbocycles. The van der Waals surface area contributed by atoms with Crippen molar-refractivity contribution < 1.29 is 0 Å². The molecule has 0 N–H and O–H groups in total. The Balaban J connectivity index is 1.55. The van der Waals surface area contributed by atoms with Gasteiger partial charge in [0.2, 0.25) is 0 Å². The molecule has 1 aromatic rings. The Kier molecular flexibility index (Phi) is 4.38. The zero-order valence-corrected chi connectivity index (χ0v) is 12.8. The van der Waals surface area contributed by atoms with Crippen LogP contribution in [-0.4, -0.2) is 42.6 Å². The van der Waals surface area contributed by atoms with Crippen molar-refractivity contribution >= 4 is 16.5 Å². The predicted molar refractivity (Wildman–Crippen MR) is 82.1 cm³/mol. The van der Waals surface area contributed by atoms with Crippen LogP contribution in [0.3, 0.4) is 0 Å². The summed E-state index contributed by atoms with van der Waals surface area (Å²) in [6.45, 7) is 8.46. The van der Waals surface area contributed by atoms with Gasteiger partial charge in [0.15, 0.2) is 5.13 Å². The van der Waals surface area contributed by atoms with Gasteiger partial charge in [-0.05, 0) is 51.6 Å². The first-order chi connectivity index (χ1) is 9.31. The lowest BCUT2D eigenvalue weighted by molar-refractivity contribution is 0.185. The maximum Gasteiger partial charge on any atom is 0.185 e. The first-order valence-electron chi connectivity index (χ1n) is 7.71. The number of hydrogen-bond acceptors (Lipinski definition) is 4. The minimum Gasteiger partial charge on any atom is -0.348 e. The Morgan fingerprint density at radius 1 is 1.21 bits per heavy atom. The molecule has 0 aliphatic carbocycles. The number of rotatable bonds is 3. The first-order valence-corrected chi connectivity index (χ1v) is 8.58. The number of likely N-dealkylation sites (tertiary alicyclic amines) is 1. The fourth-order valence-corrected chi connectivity index (χ4v) is 4.22. The summed E-state index contributed by atoms with van der Waals surface area (Å²) in [4.78, 5) is 9.84. The van der Waals surface area contributed by atoms with E-state index in [1.807, 2.05) is 0 Å². The number of nitrogens with zero attached hydrogens (tertiary/aromatic N) is 3. The maximum absolute atomic E-state index is 4.65. The molecule has 3 rings (SSSR count). The molecule has 0 amide bonds. The van der Waals surface area contributed by atoms with Gasteiger partial charge in [0, 0.05) is 25.0 Å². The normalized spacial score (nSPS) is 25.7. The fourth-order valence-electron chi connectivity index (χ4n) is 3.38. The Labute approximate surface area is 120 Å². The number of anilines is 1. The van der Waals surface area contributed by atoms with Crippen LogP contribution in [0.1, 0.15) is 37.8 Å². The Morgan fingerprint density at radius 2 is 2.05 bits per heavy atom. The molecule has 0 saturated carbocycles. The van der Waals surface area contributed by atoms with Crippen molar-refractivity contribution in [2.45, 2.75) is 39.0 Å². The van der Waals surface area contributed by atoms with E-state index in [1.165, 1.54) is 70.0 Å². The molecule has 0 radical (unpaired) electrons. The van der Waals surface area contributed by atoms with Crippen molar-refractivity contribution in [1.29, 1.82) is 0 Å². The molecule has 2 aliphatic heterocycles. The molecule has 4 heteroatoms. The number of aryl methyl sites for hydroxylation is 1. The van der Waals surface area contributed by atoms with Crippen LogP contribution in [0.15, 0.2) is 5.38 Å². The monoisotopic (exact) mass is 279 g/mol. The van der Waals surface area contributed by atoms with E-state index in [0.717, 1.165) is 11.6 Å². The Bertz CT molecular complexity index is 398.